The van der Waals surface area contributed by atoms with Crippen LogP contribution >= 0.6 is 0 Å². The summed E-state index contributed by atoms with van der Waals surface area (Å²) in [4.78, 5) is 0. The second-order valence-corrected chi connectivity index (χ2v) is 3.40. The third kappa shape index (κ3) is 5.47. The number of halogens is 2. The Bertz CT molecular complexity index is 141. The van der Waals surface area contributed by atoms with Gasteiger partial charge in [-0.2, -0.15) is 0 Å². The third-order valence-electron chi connectivity index (χ3n) is 2.12. The lowest BCUT2D eigenvalue weighted by Gasteiger charge is -2.09. The lowest BCUT2D eigenvalue weighted by atomic mass is 10.1. The van der Waals surface area contributed by atoms with Crippen LogP contribution in [0.2, 0.25) is 0 Å². The summed E-state index contributed by atoms with van der Waals surface area (Å²) in [5, 5.41) is 3.15. The Morgan fingerprint density at radius 1 is 1.50 bits per heavy atom. The molecule has 5 heteroatoms. The van der Waals surface area contributed by atoms with Gasteiger partial charge in [-0.15, -0.1) is 0 Å². The van der Waals surface area contributed by atoms with Crippen LogP contribution in [0.15, 0.2) is 0 Å². The molecule has 3 nitrogen and oxygen atoms in total. The normalized spacial score (nSPS) is 22.1. The van der Waals surface area contributed by atoms with Crippen LogP contribution in [0.5, 0.6) is 0 Å². The van der Waals surface area contributed by atoms with Crippen molar-refractivity contribution < 1.29 is 18.3 Å². The molecule has 1 aliphatic heterocycles. The number of rotatable bonds is 7. The molecule has 1 rings (SSSR count). The SMILES string of the molecule is FC(F)COCCNCC1CCOC1. The van der Waals surface area contributed by atoms with Crippen molar-refractivity contribution in [2.75, 3.05) is 39.5 Å². The molecule has 0 aromatic heterocycles. The third-order valence-corrected chi connectivity index (χ3v) is 2.12. The first kappa shape index (κ1) is 11.8. The van der Waals surface area contributed by atoms with Gasteiger partial charge < -0.3 is 14.8 Å². The molecule has 0 aromatic carbocycles. The molecule has 0 spiro atoms. The Kier molecular flexibility index (Phi) is 5.98. The molecule has 0 bridgehead atoms. The fourth-order valence-corrected chi connectivity index (χ4v) is 1.37. The second kappa shape index (κ2) is 7.09. The van der Waals surface area contributed by atoms with Crippen molar-refractivity contribution in [1.82, 2.24) is 5.32 Å². The highest BCUT2D eigenvalue weighted by molar-refractivity contribution is 4.66. The van der Waals surface area contributed by atoms with E-state index in [1.165, 1.54) is 0 Å². The molecule has 1 fully saturated rings. The standard InChI is InChI=1S/C9H17F2NO2/c10-9(11)7-14-4-2-12-5-8-1-3-13-6-8/h8-9,12H,1-7H2. The van der Waals surface area contributed by atoms with Crippen molar-refractivity contribution in [3.63, 3.8) is 0 Å². The van der Waals surface area contributed by atoms with Gasteiger partial charge >= 0.3 is 0 Å². The summed E-state index contributed by atoms with van der Waals surface area (Å²) in [5.41, 5.74) is 0. The van der Waals surface area contributed by atoms with E-state index >= 15 is 0 Å². The minimum absolute atomic E-state index is 0.345. The van der Waals surface area contributed by atoms with E-state index in [-0.39, 0.29) is 0 Å². The predicted octanol–water partition coefficient (Wildman–Crippen LogP) is 0.894. The van der Waals surface area contributed by atoms with Gasteiger partial charge in [-0.3, -0.25) is 0 Å². The van der Waals surface area contributed by atoms with E-state index in [2.05, 4.69) is 5.32 Å². The molecule has 1 atom stereocenters. The van der Waals surface area contributed by atoms with Crippen LogP contribution in [0.4, 0.5) is 8.78 Å². The number of nitrogens with one attached hydrogen (secondary N) is 1. The number of hydrogen-bond donors (Lipinski definition) is 1. The van der Waals surface area contributed by atoms with Crippen LogP contribution in [0.25, 0.3) is 0 Å². The van der Waals surface area contributed by atoms with E-state index < -0.39 is 13.0 Å². The highest BCUT2D eigenvalue weighted by Crippen LogP contribution is 2.10. The van der Waals surface area contributed by atoms with E-state index in [0.29, 0.717) is 19.1 Å². The molecule has 1 unspecified atom stereocenters. The quantitative estimate of drug-likeness (QED) is 0.632. The molecule has 84 valence electrons. The summed E-state index contributed by atoms with van der Waals surface area (Å²) in [5.74, 6) is 0.574. The Morgan fingerprint density at radius 2 is 2.36 bits per heavy atom. The Balaban J connectivity index is 1.79. The van der Waals surface area contributed by atoms with Gasteiger partial charge in [0.25, 0.3) is 6.43 Å². The number of alkyl halides is 2. The van der Waals surface area contributed by atoms with Gasteiger partial charge in [0.05, 0.1) is 13.2 Å². The van der Waals surface area contributed by atoms with Crippen molar-refractivity contribution in [1.29, 1.82) is 0 Å². The lowest BCUT2D eigenvalue weighted by molar-refractivity contribution is 0.0186. The smallest absolute Gasteiger partial charge is 0.261 e. The first-order chi connectivity index (χ1) is 6.79. The van der Waals surface area contributed by atoms with Crippen molar-refractivity contribution in [3.05, 3.63) is 0 Å². The average molecular weight is 209 g/mol. The predicted molar refractivity (Wildman–Crippen MR) is 48.6 cm³/mol. The first-order valence-corrected chi connectivity index (χ1v) is 4.93. The van der Waals surface area contributed by atoms with E-state index in [9.17, 15) is 8.78 Å². The topological polar surface area (TPSA) is 30.5 Å². The lowest BCUT2D eigenvalue weighted by Crippen LogP contribution is -2.27. The summed E-state index contributed by atoms with van der Waals surface area (Å²) in [6.45, 7) is 3.05. The minimum atomic E-state index is -2.36. The van der Waals surface area contributed by atoms with Gasteiger partial charge in [-0.1, -0.05) is 0 Å². The molecule has 1 saturated heterocycles. The van der Waals surface area contributed by atoms with Gasteiger partial charge in [0.15, 0.2) is 0 Å². The zero-order valence-electron chi connectivity index (χ0n) is 8.18. The van der Waals surface area contributed by atoms with Gasteiger partial charge in [0.1, 0.15) is 6.61 Å². The monoisotopic (exact) mass is 209 g/mol. The fraction of sp³-hybridized carbons (Fsp3) is 1.00. The summed E-state index contributed by atoms with van der Waals surface area (Å²) < 4.78 is 33.2. The van der Waals surface area contributed by atoms with Crippen LogP contribution in [0.3, 0.4) is 0 Å². The molecule has 1 aliphatic rings. The maximum absolute atomic E-state index is 11.6. The maximum atomic E-state index is 11.6. The Morgan fingerprint density at radius 3 is 3.00 bits per heavy atom. The van der Waals surface area contributed by atoms with Crippen molar-refractivity contribution in [3.8, 4) is 0 Å². The molecule has 14 heavy (non-hydrogen) atoms. The van der Waals surface area contributed by atoms with Crippen LogP contribution in [-0.2, 0) is 9.47 Å². The first-order valence-electron chi connectivity index (χ1n) is 4.93. The number of hydrogen-bond acceptors (Lipinski definition) is 3. The molecule has 0 radical (unpaired) electrons. The average Bonchev–Trinajstić information content (AvgIpc) is 2.63. The molecular weight excluding hydrogens is 192 g/mol. The van der Waals surface area contributed by atoms with E-state index in [4.69, 9.17) is 9.47 Å². The molecule has 0 amide bonds. The molecule has 1 N–H and O–H groups in total. The summed E-state index contributed by atoms with van der Waals surface area (Å²) in [6.07, 6.45) is -1.27. The minimum Gasteiger partial charge on any atom is -0.381 e. The van der Waals surface area contributed by atoms with Crippen LogP contribution in [0, 0.1) is 5.92 Å². The molecule has 0 saturated carbocycles. The van der Waals surface area contributed by atoms with Crippen LogP contribution < -0.4 is 5.32 Å². The summed E-state index contributed by atoms with van der Waals surface area (Å²) in [7, 11) is 0. The summed E-state index contributed by atoms with van der Waals surface area (Å²) >= 11 is 0. The highest BCUT2D eigenvalue weighted by atomic mass is 19.3. The molecule has 0 aliphatic carbocycles. The molecule has 0 aromatic rings. The van der Waals surface area contributed by atoms with Gasteiger partial charge in [0.2, 0.25) is 0 Å². The second-order valence-electron chi connectivity index (χ2n) is 3.40. The van der Waals surface area contributed by atoms with Crippen molar-refractivity contribution >= 4 is 0 Å². The van der Waals surface area contributed by atoms with E-state index in [1.54, 1.807) is 0 Å². The Hall–Kier alpha value is -0.260. The highest BCUT2D eigenvalue weighted by Gasteiger charge is 2.14. The van der Waals surface area contributed by atoms with Gasteiger partial charge in [0, 0.05) is 19.7 Å². The van der Waals surface area contributed by atoms with E-state index in [1.807, 2.05) is 0 Å². The molecular formula is C9H17F2NO2. The largest absolute Gasteiger partial charge is 0.381 e. The molecule has 1 heterocycles. The van der Waals surface area contributed by atoms with E-state index in [0.717, 1.165) is 26.2 Å². The zero-order valence-corrected chi connectivity index (χ0v) is 8.18. The Labute approximate surface area is 82.8 Å². The van der Waals surface area contributed by atoms with Crippen molar-refractivity contribution in [2.24, 2.45) is 5.92 Å². The zero-order chi connectivity index (χ0) is 10.2. The van der Waals surface area contributed by atoms with Crippen molar-refractivity contribution in [2.45, 2.75) is 12.8 Å². The maximum Gasteiger partial charge on any atom is 0.261 e. The number of ether oxygens (including phenoxy) is 2. The summed E-state index contributed by atoms with van der Waals surface area (Å²) in [6, 6.07) is 0. The van der Waals surface area contributed by atoms with Crippen LogP contribution in [-0.4, -0.2) is 45.9 Å². The fourth-order valence-electron chi connectivity index (χ4n) is 1.37. The van der Waals surface area contributed by atoms with Crippen LogP contribution in [0.1, 0.15) is 6.42 Å². The van der Waals surface area contributed by atoms with Gasteiger partial charge in [-0.05, 0) is 12.3 Å². The van der Waals surface area contributed by atoms with Gasteiger partial charge in [-0.25, -0.2) is 8.78 Å².